The van der Waals surface area contributed by atoms with E-state index in [4.69, 9.17) is 10.4 Å². The van der Waals surface area contributed by atoms with Gasteiger partial charge in [-0.15, -0.1) is 0 Å². The smallest absolute Gasteiger partial charge is 0.191 e. The van der Waals surface area contributed by atoms with E-state index in [1.165, 1.54) is 18.2 Å². The molecule has 0 bridgehead atoms. The Balaban J connectivity index is 2.73. The van der Waals surface area contributed by atoms with Crippen molar-refractivity contribution in [3.8, 4) is 6.07 Å². The van der Waals surface area contributed by atoms with Crippen molar-refractivity contribution in [3.05, 3.63) is 35.1 Å². The molecule has 0 aromatic heterocycles. The zero-order valence-electron chi connectivity index (χ0n) is 14.5. The van der Waals surface area contributed by atoms with Gasteiger partial charge in [0.15, 0.2) is 5.96 Å². The summed E-state index contributed by atoms with van der Waals surface area (Å²) in [5, 5.41) is 24.4. The van der Waals surface area contributed by atoms with Crippen molar-refractivity contribution >= 4 is 5.96 Å². The van der Waals surface area contributed by atoms with E-state index in [-0.39, 0.29) is 19.0 Å². The lowest BCUT2D eigenvalue weighted by Crippen LogP contribution is -2.40. The quantitative estimate of drug-likeness (QED) is 0.479. The molecule has 0 saturated carbocycles. The maximum absolute atomic E-state index is 13.8. The Morgan fingerprint density at radius 3 is 2.75 bits per heavy atom. The van der Waals surface area contributed by atoms with Crippen molar-refractivity contribution in [2.24, 2.45) is 10.9 Å². The Labute approximate surface area is 143 Å². The first-order valence-corrected chi connectivity index (χ1v) is 8.46. The minimum Gasteiger partial charge on any atom is -0.396 e. The molecule has 0 aliphatic carbocycles. The molecule has 5 nitrogen and oxygen atoms in total. The van der Waals surface area contributed by atoms with Gasteiger partial charge >= 0.3 is 0 Å². The average Bonchev–Trinajstić information content (AvgIpc) is 2.58. The Hall–Kier alpha value is -2.13. The largest absolute Gasteiger partial charge is 0.396 e. The maximum atomic E-state index is 13.8. The normalized spacial score (nSPS) is 12.5. The van der Waals surface area contributed by atoms with Crippen molar-refractivity contribution in [1.29, 1.82) is 5.26 Å². The number of benzene rings is 1. The van der Waals surface area contributed by atoms with E-state index in [1.807, 2.05) is 13.0 Å². The molecular weight excluding hydrogens is 307 g/mol. The minimum absolute atomic E-state index is 0.162. The molecule has 132 valence electrons. The molecule has 3 N–H and O–H groups in total. The highest BCUT2D eigenvalue weighted by molar-refractivity contribution is 5.79. The summed E-state index contributed by atoms with van der Waals surface area (Å²) in [6.07, 6.45) is 2.84. The molecule has 6 heteroatoms. The first-order chi connectivity index (χ1) is 11.6. The van der Waals surface area contributed by atoms with Gasteiger partial charge in [0.1, 0.15) is 5.82 Å². The summed E-state index contributed by atoms with van der Waals surface area (Å²) in [4.78, 5) is 4.39. The lowest BCUT2D eigenvalue weighted by molar-refractivity contribution is 0.251. The van der Waals surface area contributed by atoms with E-state index in [0.29, 0.717) is 36.1 Å². The number of aliphatic hydroxyl groups excluding tert-OH is 1. The van der Waals surface area contributed by atoms with Gasteiger partial charge in [0.05, 0.1) is 18.2 Å². The van der Waals surface area contributed by atoms with Crippen LogP contribution in [0.5, 0.6) is 0 Å². The highest BCUT2D eigenvalue weighted by Gasteiger charge is 2.09. The Morgan fingerprint density at radius 1 is 1.33 bits per heavy atom. The molecular formula is C18H27FN4O. The molecule has 0 saturated heterocycles. The molecule has 1 rings (SSSR count). The van der Waals surface area contributed by atoms with E-state index in [0.717, 1.165) is 19.3 Å². The third-order valence-electron chi connectivity index (χ3n) is 3.72. The van der Waals surface area contributed by atoms with Crippen molar-refractivity contribution in [2.45, 2.75) is 39.7 Å². The molecule has 1 aromatic rings. The number of nitrogens with zero attached hydrogens (tertiary/aromatic N) is 2. The summed E-state index contributed by atoms with van der Waals surface area (Å²) in [7, 11) is 0. The Bertz CT molecular complexity index is 563. The minimum atomic E-state index is -0.363. The van der Waals surface area contributed by atoms with Crippen molar-refractivity contribution in [3.63, 3.8) is 0 Å². The molecule has 1 aromatic carbocycles. The molecule has 0 aliphatic heterocycles. The van der Waals surface area contributed by atoms with Crippen LogP contribution in [0.4, 0.5) is 4.39 Å². The summed E-state index contributed by atoms with van der Waals surface area (Å²) in [6, 6.07) is 6.28. The molecule has 0 aliphatic rings. The number of hydrogen-bond acceptors (Lipinski definition) is 3. The number of nitriles is 1. The van der Waals surface area contributed by atoms with E-state index in [2.05, 4.69) is 22.5 Å². The predicted molar refractivity (Wildman–Crippen MR) is 94.0 cm³/mol. The summed E-state index contributed by atoms with van der Waals surface area (Å²) >= 11 is 0. The predicted octanol–water partition coefficient (Wildman–Crippen LogP) is 2.55. The van der Waals surface area contributed by atoms with Crippen LogP contribution in [0, 0.1) is 23.1 Å². The average molecular weight is 334 g/mol. The van der Waals surface area contributed by atoms with Gasteiger partial charge in [0.25, 0.3) is 0 Å². The molecule has 0 amide bonds. The van der Waals surface area contributed by atoms with Crippen LogP contribution in [0.2, 0.25) is 0 Å². The van der Waals surface area contributed by atoms with Crippen molar-refractivity contribution in [1.82, 2.24) is 10.6 Å². The molecule has 0 fully saturated rings. The van der Waals surface area contributed by atoms with Gasteiger partial charge in [-0.1, -0.05) is 13.3 Å². The van der Waals surface area contributed by atoms with Crippen LogP contribution < -0.4 is 10.6 Å². The second-order valence-corrected chi connectivity index (χ2v) is 5.66. The SMILES string of the molecule is CCCC(CCO)CNC(=NCc1cc(C#N)ccc1F)NCC. The summed E-state index contributed by atoms with van der Waals surface area (Å²) < 4.78 is 13.8. The highest BCUT2D eigenvalue weighted by Crippen LogP contribution is 2.12. The van der Waals surface area contributed by atoms with Crippen LogP contribution in [0.25, 0.3) is 0 Å². The molecule has 24 heavy (non-hydrogen) atoms. The zero-order chi connectivity index (χ0) is 17.8. The Kier molecular flexibility index (Phi) is 9.47. The number of nitrogens with one attached hydrogen (secondary N) is 2. The van der Waals surface area contributed by atoms with E-state index in [9.17, 15) is 4.39 Å². The van der Waals surface area contributed by atoms with Gasteiger partial charge in [-0.3, -0.25) is 0 Å². The summed E-state index contributed by atoms with van der Waals surface area (Å²) in [6.45, 7) is 5.83. The number of aliphatic imine (C=N–C) groups is 1. The van der Waals surface area contributed by atoms with Crippen LogP contribution in [0.3, 0.4) is 0 Å². The van der Waals surface area contributed by atoms with Crippen LogP contribution in [-0.4, -0.2) is 30.8 Å². The second-order valence-electron chi connectivity index (χ2n) is 5.66. The number of hydrogen-bond donors (Lipinski definition) is 3. The molecule has 1 unspecified atom stereocenters. The first kappa shape index (κ1) is 19.9. The summed E-state index contributed by atoms with van der Waals surface area (Å²) in [5.41, 5.74) is 0.817. The van der Waals surface area contributed by atoms with Gasteiger partial charge in [0.2, 0.25) is 0 Å². The molecule has 0 spiro atoms. The number of halogens is 1. The molecule has 0 heterocycles. The van der Waals surface area contributed by atoms with Crippen molar-refractivity contribution in [2.75, 3.05) is 19.7 Å². The van der Waals surface area contributed by atoms with E-state index < -0.39 is 0 Å². The van der Waals surface area contributed by atoms with Crippen molar-refractivity contribution < 1.29 is 9.50 Å². The number of aliphatic hydroxyl groups is 1. The Morgan fingerprint density at radius 2 is 2.12 bits per heavy atom. The first-order valence-electron chi connectivity index (χ1n) is 8.46. The maximum Gasteiger partial charge on any atom is 0.191 e. The number of rotatable bonds is 9. The van der Waals surface area contributed by atoms with Gasteiger partial charge in [0, 0.05) is 25.3 Å². The fourth-order valence-corrected chi connectivity index (χ4v) is 2.45. The van der Waals surface area contributed by atoms with Gasteiger partial charge < -0.3 is 15.7 Å². The van der Waals surface area contributed by atoms with Crippen LogP contribution >= 0.6 is 0 Å². The fraction of sp³-hybridized carbons (Fsp3) is 0.556. The monoisotopic (exact) mass is 334 g/mol. The second kappa shape index (κ2) is 11.4. The number of guanidine groups is 1. The van der Waals surface area contributed by atoms with Crippen LogP contribution in [0.1, 0.15) is 44.2 Å². The molecule has 0 radical (unpaired) electrons. The van der Waals surface area contributed by atoms with Gasteiger partial charge in [-0.05, 0) is 43.9 Å². The van der Waals surface area contributed by atoms with Crippen LogP contribution in [0.15, 0.2) is 23.2 Å². The third-order valence-corrected chi connectivity index (χ3v) is 3.72. The topological polar surface area (TPSA) is 80.4 Å². The van der Waals surface area contributed by atoms with Gasteiger partial charge in [-0.25, -0.2) is 9.38 Å². The lowest BCUT2D eigenvalue weighted by Gasteiger charge is -2.18. The molecule has 1 atom stereocenters. The lowest BCUT2D eigenvalue weighted by atomic mass is 10.0. The standard InChI is InChI=1S/C18H27FN4O/c1-3-5-14(8-9-24)12-22-18(21-4-2)23-13-16-10-15(11-20)6-7-17(16)19/h6-7,10,14,24H,3-5,8-9,12-13H2,1-2H3,(H2,21,22,23). The third kappa shape index (κ3) is 6.97. The highest BCUT2D eigenvalue weighted by atomic mass is 19.1. The van der Waals surface area contributed by atoms with E-state index >= 15 is 0 Å². The van der Waals surface area contributed by atoms with E-state index in [1.54, 1.807) is 0 Å². The van der Waals surface area contributed by atoms with Crippen LogP contribution in [-0.2, 0) is 6.54 Å². The van der Waals surface area contributed by atoms with Gasteiger partial charge in [-0.2, -0.15) is 5.26 Å². The zero-order valence-corrected chi connectivity index (χ0v) is 14.5. The summed E-state index contributed by atoms with van der Waals surface area (Å²) in [5.74, 6) is 0.624. The fourth-order valence-electron chi connectivity index (χ4n) is 2.45.